The van der Waals surface area contributed by atoms with Crippen LogP contribution in [-0.4, -0.2) is 36.5 Å². The first kappa shape index (κ1) is 20.4. The van der Waals surface area contributed by atoms with Gasteiger partial charge in [0, 0.05) is 18.8 Å². The molecule has 0 spiro atoms. The molecule has 2 aromatic carbocycles. The molecule has 3 aromatic heterocycles. The van der Waals surface area contributed by atoms with E-state index in [2.05, 4.69) is 15.3 Å². The molecule has 9 heteroatoms. The molecule has 5 aromatic rings. The molecule has 0 radical (unpaired) electrons. The first-order valence-corrected chi connectivity index (χ1v) is 10.1. The Kier molecular flexibility index (Phi) is 5.06. The third kappa shape index (κ3) is 3.69. The van der Waals surface area contributed by atoms with E-state index in [0.717, 1.165) is 16.8 Å². The van der Waals surface area contributed by atoms with E-state index >= 15 is 0 Å². The molecule has 0 fully saturated rings. The Morgan fingerprint density at radius 3 is 2.52 bits per heavy atom. The van der Waals surface area contributed by atoms with E-state index in [-0.39, 0.29) is 17.1 Å². The third-order valence-electron chi connectivity index (χ3n) is 5.22. The second kappa shape index (κ2) is 8.19. The van der Waals surface area contributed by atoms with Gasteiger partial charge in [-0.2, -0.15) is 15.3 Å². The number of rotatable bonds is 5. The molecule has 0 saturated heterocycles. The van der Waals surface area contributed by atoms with Crippen molar-refractivity contribution in [1.82, 2.24) is 29.3 Å². The number of ether oxygens (including phenoxy) is 1. The van der Waals surface area contributed by atoms with Crippen LogP contribution >= 0.6 is 0 Å². The summed E-state index contributed by atoms with van der Waals surface area (Å²) in [5.74, 6) is -0.463. The summed E-state index contributed by atoms with van der Waals surface area (Å²) in [6.45, 7) is 0. The molecule has 8 nitrogen and oxygen atoms in total. The van der Waals surface area contributed by atoms with Crippen LogP contribution in [0.1, 0.15) is 0 Å². The Morgan fingerprint density at radius 2 is 1.79 bits per heavy atom. The summed E-state index contributed by atoms with van der Waals surface area (Å²) in [4.78, 5) is 13.1. The third-order valence-corrected chi connectivity index (χ3v) is 5.22. The van der Waals surface area contributed by atoms with E-state index < -0.39 is 11.2 Å². The van der Waals surface area contributed by atoms with Gasteiger partial charge in [-0.1, -0.05) is 24.3 Å². The minimum atomic E-state index is -0.497. The molecule has 0 amide bonds. The van der Waals surface area contributed by atoms with Crippen molar-refractivity contribution in [2.24, 2.45) is 7.05 Å². The molecule has 0 aliphatic rings. The van der Waals surface area contributed by atoms with Crippen molar-refractivity contribution in [2.45, 2.75) is 0 Å². The minimum absolute atomic E-state index is 0.0343. The van der Waals surface area contributed by atoms with Gasteiger partial charge in [0.1, 0.15) is 11.5 Å². The van der Waals surface area contributed by atoms with E-state index in [1.165, 1.54) is 24.1 Å². The summed E-state index contributed by atoms with van der Waals surface area (Å²) in [5.41, 5.74) is 2.64. The van der Waals surface area contributed by atoms with E-state index in [9.17, 15) is 9.18 Å². The fraction of sp³-hybridized carbons (Fsp3) is 0.0833. The summed E-state index contributed by atoms with van der Waals surface area (Å²) in [5, 5.41) is 13.0. The molecular formula is C24H19FN6O2. The first-order chi connectivity index (χ1) is 16.0. The van der Waals surface area contributed by atoms with Crippen LogP contribution in [0.15, 0.2) is 84.2 Å². The van der Waals surface area contributed by atoms with Gasteiger partial charge in [-0.3, -0.25) is 9.48 Å². The Bertz CT molecular complexity index is 1500. The lowest BCUT2D eigenvalue weighted by atomic mass is 10.1. The Hall–Kier alpha value is -4.53. The average molecular weight is 442 g/mol. The van der Waals surface area contributed by atoms with Gasteiger partial charge in [-0.05, 0) is 35.9 Å². The predicted molar refractivity (Wildman–Crippen MR) is 121 cm³/mol. The van der Waals surface area contributed by atoms with E-state index in [4.69, 9.17) is 4.74 Å². The number of halogens is 1. The SMILES string of the molecule is COc1cn(-c2cc(-c3cnn(C)c3)ccc2F)nc(-c2ccnn2-c2ccccc2)c1=O. The Balaban J connectivity index is 1.69. The molecular weight excluding hydrogens is 423 g/mol. The fourth-order valence-corrected chi connectivity index (χ4v) is 3.60. The van der Waals surface area contributed by atoms with Crippen molar-refractivity contribution in [1.29, 1.82) is 0 Å². The molecule has 0 unspecified atom stereocenters. The van der Waals surface area contributed by atoms with Crippen LogP contribution in [0.3, 0.4) is 0 Å². The molecule has 0 atom stereocenters. The number of aromatic nitrogens is 6. The molecule has 164 valence electrons. The number of hydrogen-bond acceptors (Lipinski definition) is 5. The molecule has 0 N–H and O–H groups in total. The largest absolute Gasteiger partial charge is 0.491 e. The molecule has 33 heavy (non-hydrogen) atoms. The normalized spacial score (nSPS) is 11.0. The molecule has 0 aliphatic heterocycles. The highest BCUT2D eigenvalue weighted by Gasteiger charge is 2.19. The highest BCUT2D eigenvalue weighted by molar-refractivity contribution is 5.65. The van der Waals surface area contributed by atoms with Crippen molar-refractivity contribution in [2.75, 3.05) is 7.11 Å². The quantitative estimate of drug-likeness (QED) is 0.415. The smallest absolute Gasteiger partial charge is 0.251 e. The maximum absolute atomic E-state index is 14.9. The van der Waals surface area contributed by atoms with E-state index in [0.29, 0.717) is 5.69 Å². The molecule has 0 saturated carbocycles. The van der Waals surface area contributed by atoms with Gasteiger partial charge in [-0.15, -0.1) is 0 Å². The van der Waals surface area contributed by atoms with Crippen molar-refractivity contribution in [3.63, 3.8) is 0 Å². The highest BCUT2D eigenvalue weighted by Crippen LogP contribution is 2.26. The summed E-state index contributed by atoms with van der Waals surface area (Å²) in [6, 6.07) is 15.7. The van der Waals surface area contributed by atoms with Crippen molar-refractivity contribution >= 4 is 0 Å². The lowest BCUT2D eigenvalue weighted by molar-refractivity contribution is 0.405. The predicted octanol–water partition coefficient (Wildman–Crippen LogP) is 3.63. The monoisotopic (exact) mass is 442 g/mol. The van der Waals surface area contributed by atoms with Crippen LogP contribution < -0.4 is 10.2 Å². The minimum Gasteiger partial charge on any atom is -0.491 e. The Morgan fingerprint density at radius 1 is 0.970 bits per heavy atom. The second-order valence-corrected chi connectivity index (χ2v) is 7.35. The van der Waals surface area contributed by atoms with Gasteiger partial charge in [0.15, 0.2) is 11.4 Å². The molecule has 0 aliphatic carbocycles. The summed E-state index contributed by atoms with van der Waals surface area (Å²) < 4.78 is 24.8. The zero-order chi connectivity index (χ0) is 22.9. The van der Waals surface area contributed by atoms with Crippen molar-refractivity contribution < 1.29 is 9.13 Å². The number of hydrogen-bond donors (Lipinski definition) is 0. The topological polar surface area (TPSA) is 79.8 Å². The number of aryl methyl sites for hydroxylation is 1. The van der Waals surface area contributed by atoms with E-state index in [1.807, 2.05) is 43.6 Å². The maximum atomic E-state index is 14.9. The van der Waals surface area contributed by atoms with Crippen molar-refractivity contribution in [3.05, 3.63) is 95.4 Å². The average Bonchev–Trinajstić information content (AvgIpc) is 3.50. The van der Waals surface area contributed by atoms with Gasteiger partial charge in [0.05, 0.1) is 37.1 Å². The number of para-hydroxylation sites is 1. The zero-order valence-corrected chi connectivity index (χ0v) is 17.9. The highest BCUT2D eigenvalue weighted by atomic mass is 19.1. The molecule has 0 bridgehead atoms. The van der Waals surface area contributed by atoms with Crippen LogP contribution in [0.5, 0.6) is 5.75 Å². The van der Waals surface area contributed by atoms with Gasteiger partial charge >= 0.3 is 0 Å². The lowest BCUT2D eigenvalue weighted by Gasteiger charge is -2.13. The first-order valence-electron chi connectivity index (χ1n) is 10.1. The standard InChI is InChI=1S/C24H19FN6O2/c1-29-14-17(13-27-29)16-8-9-19(25)21(12-16)30-15-22(33-2)24(32)23(28-30)20-10-11-26-31(20)18-6-4-3-5-7-18/h3-15H,1-2H3. The van der Waals surface area contributed by atoms with Crippen molar-refractivity contribution in [3.8, 4) is 39.6 Å². The Labute approximate surface area is 188 Å². The number of methoxy groups -OCH3 is 1. The van der Waals surface area contributed by atoms with Crippen LogP contribution in [0.2, 0.25) is 0 Å². The fourth-order valence-electron chi connectivity index (χ4n) is 3.60. The van der Waals surface area contributed by atoms with Crippen LogP contribution in [-0.2, 0) is 7.05 Å². The van der Waals surface area contributed by atoms with Crippen LogP contribution in [0.4, 0.5) is 4.39 Å². The molecule has 5 rings (SSSR count). The number of benzene rings is 2. The number of nitrogens with zero attached hydrogens (tertiary/aromatic N) is 6. The van der Waals surface area contributed by atoms with Crippen LogP contribution in [0.25, 0.3) is 33.9 Å². The maximum Gasteiger partial charge on any atom is 0.251 e. The van der Waals surface area contributed by atoms with Gasteiger partial charge in [-0.25, -0.2) is 13.8 Å². The van der Waals surface area contributed by atoms with Gasteiger partial charge in [0.25, 0.3) is 5.43 Å². The lowest BCUT2D eigenvalue weighted by Crippen LogP contribution is -2.18. The molecule has 3 heterocycles. The summed E-state index contributed by atoms with van der Waals surface area (Å²) >= 11 is 0. The van der Waals surface area contributed by atoms with E-state index in [1.54, 1.807) is 40.0 Å². The summed E-state index contributed by atoms with van der Waals surface area (Å²) in [7, 11) is 3.20. The van der Waals surface area contributed by atoms with Gasteiger partial charge in [0.2, 0.25) is 0 Å². The summed E-state index contributed by atoms with van der Waals surface area (Å²) in [6.07, 6.45) is 6.48. The zero-order valence-electron chi connectivity index (χ0n) is 17.9. The second-order valence-electron chi connectivity index (χ2n) is 7.35. The van der Waals surface area contributed by atoms with Gasteiger partial charge < -0.3 is 4.74 Å². The van der Waals surface area contributed by atoms with Crippen LogP contribution in [0, 0.1) is 5.82 Å².